The van der Waals surface area contributed by atoms with Gasteiger partial charge in [-0.2, -0.15) is 0 Å². The maximum atomic E-state index is 12.7. The van der Waals surface area contributed by atoms with Gasteiger partial charge in [-0.25, -0.2) is 4.79 Å². The quantitative estimate of drug-likeness (QED) is 0.0943. The Kier molecular flexibility index (Phi) is 13.8. The highest BCUT2D eigenvalue weighted by molar-refractivity contribution is 5.85. The molecule has 0 spiro atoms. The number of rotatable bonds is 11. The molecule has 19 nitrogen and oxygen atoms in total. The molecule has 0 aromatic carbocycles. The number of fused-ring (bicyclic) bond motifs is 5. The summed E-state index contributed by atoms with van der Waals surface area (Å²) in [5, 5.41) is 85.6. The van der Waals surface area contributed by atoms with E-state index in [0.29, 0.717) is 31.3 Å². The van der Waals surface area contributed by atoms with Gasteiger partial charge in [0, 0.05) is 25.5 Å². The molecule has 0 radical (unpaired) electrons. The standard InChI is InChI=1S/C44H68O19/c1-19-36(63-40-35(53)33(51)31(49)28(62-40)18-57-39-34(52)32(50)30(48)27(16-45)61-39)37(55-5)38(59-20(2)46)41(58-19)60-23-8-11-42(3)22(15-23)6-7-26-25(42)9-12-43(4)24(10-13-44(26,43)54)21-14-29(47)56-17-21/h14,19,22-28,30-41,45,48-54H,6-13,15-18H2,1-5H3/t19-,22-,23+,24-,25+,26-,27-,28-,30-,31-,32+,33+,34-,35-,36+,37+,38-,39-,40+,41+,42+,43-,44+/m1/s1. The highest BCUT2D eigenvalue weighted by atomic mass is 16.8. The molecule has 8 aliphatic rings. The molecule has 0 aromatic rings. The minimum atomic E-state index is -1.80. The van der Waals surface area contributed by atoms with Crippen LogP contribution in [0.25, 0.3) is 0 Å². The van der Waals surface area contributed by atoms with Crippen molar-refractivity contribution in [2.45, 2.75) is 189 Å². The van der Waals surface area contributed by atoms with Crippen molar-refractivity contribution in [2.75, 3.05) is 26.9 Å². The summed E-state index contributed by atoms with van der Waals surface area (Å²) in [6.45, 7) is 6.62. The van der Waals surface area contributed by atoms with Crippen LogP contribution in [0.1, 0.15) is 85.5 Å². The summed E-state index contributed by atoms with van der Waals surface area (Å²) >= 11 is 0. The van der Waals surface area contributed by atoms with Crippen LogP contribution >= 0.6 is 0 Å². The molecular weight excluding hydrogens is 832 g/mol. The fourth-order valence-electron chi connectivity index (χ4n) is 13.3. The lowest BCUT2D eigenvalue weighted by Gasteiger charge is -2.64. The monoisotopic (exact) mass is 900 g/mol. The zero-order valence-corrected chi connectivity index (χ0v) is 36.7. The van der Waals surface area contributed by atoms with Crippen LogP contribution in [0.4, 0.5) is 0 Å². The van der Waals surface area contributed by atoms with Gasteiger partial charge in [0.2, 0.25) is 0 Å². The van der Waals surface area contributed by atoms with Gasteiger partial charge in [-0.3, -0.25) is 4.79 Å². The fraction of sp³-hybridized carbons (Fsp3) is 0.909. The molecule has 3 saturated heterocycles. The van der Waals surface area contributed by atoms with E-state index >= 15 is 0 Å². The number of cyclic esters (lactones) is 1. The fourth-order valence-corrected chi connectivity index (χ4v) is 13.3. The minimum Gasteiger partial charge on any atom is -0.458 e. The third-order valence-corrected chi connectivity index (χ3v) is 16.8. The highest BCUT2D eigenvalue weighted by Gasteiger charge is 2.68. The smallest absolute Gasteiger partial charge is 0.331 e. The molecule has 4 aliphatic heterocycles. The molecule has 4 saturated carbocycles. The first-order valence-electron chi connectivity index (χ1n) is 22.7. The van der Waals surface area contributed by atoms with Crippen molar-refractivity contribution in [2.24, 2.45) is 34.5 Å². The van der Waals surface area contributed by atoms with Crippen LogP contribution in [-0.2, 0) is 52.2 Å². The summed E-state index contributed by atoms with van der Waals surface area (Å²) in [4.78, 5) is 24.6. The number of esters is 2. The molecule has 23 atom stereocenters. The van der Waals surface area contributed by atoms with Crippen molar-refractivity contribution in [1.82, 2.24) is 0 Å². The van der Waals surface area contributed by atoms with Gasteiger partial charge >= 0.3 is 11.9 Å². The topological polar surface area (TPSA) is 279 Å². The molecule has 0 aromatic heterocycles. The Hall–Kier alpha value is -1.92. The lowest BCUT2D eigenvalue weighted by atomic mass is 9.43. The van der Waals surface area contributed by atoms with Gasteiger partial charge in [0.05, 0.1) is 31.0 Å². The summed E-state index contributed by atoms with van der Waals surface area (Å²) < 4.78 is 53.2. The minimum absolute atomic E-state index is 0.0235. The van der Waals surface area contributed by atoms with Crippen molar-refractivity contribution in [3.8, 4) is 0 Å². The number of carbonyl (C=O) groups excluding carboxylic acids is 2. The molecule has 0 amide bonds. The summed E-state index contributed by atoms with van der Waals surface area (Å²) in [5.74, 6) is -0.00243. The van der Waals surface area contributed by atoms with E-state index in [1.165, 1.54) is 14.0 Å². The predicted molar refractivity (Wildman–Crippen MR) is 213 cm³/mol. The second-order valence-electron chi connectivity index (χ2n) is 20.0. The van der Waals surface area contributed by atoms with Gasteiger partial charge in [0.1, 0.15) is 67.6 Å². The second-order valence-corrected chi connectivity index (χ2v) is 20.0. The van der Waals surface area contributed by atoms with E-state index in [2.05, 4.69) is 13.8 Å². The first-order chi connectivity index (χ1) is 29.8. The Morgan fingerprint density at radius 3 is 2.14 bits per heavy atom. The normalized spacial score (nSPS) is 52.3. The Bertz CT molecular complexity index is 1680. The van der Waals surface area contributed by atoms with Gasteiger partial charge in [0.15, 0.2) is 25.0 Å². The van der Waals surface area contributed by atoms with Crippen LogP contribution in [0.3, 0.4) is 0 Å². The number of carbonyl (C=O) groups is 2. The largest absolute Gasteiger partial charge is 0.458 e. The van der Waals surface area contributed by atoms with Crippen molar-refractivity contribution in [3.63, 3.8) is 0 Å². The van der Waals surface area contributed by atoms with Gasteiger partial charge in [-0.15, -0.1) is 0 Å². The van der Waals surface area contributed by atoms with Gasteiger partial charge in [-0.05, 0) is 99.4 Å². The number of ether oxygens (including phenoxy) is 9. The van der Waals surface area contributed by atoms with Crippen LogP contribution in [0.15, 0.2) is 11.6 Å². The van der Waals surface area contributed by atoms with Crippen LogP contribution < -0.4 is 0 Å². The van der Waals surface area contributed by atoms with E-state index in [1.54, 1.807) is 13.0 Å². The average molecular weight is 901 g/mol. The maximum absolute atomic E-state index is 12.7. The summed E-state index contributed by atoms with van der Waals surface area (Å²) in [5.41, 5.74) is -0.164. The Morgan fingerprint density at radius 2 is 1.48 bits per heavy atom. The lowest BCUT2D eigenvalue weighted by Crippen LogP contribution is -2.65. The third-order valence-electron chi connectivity index (χ3n) is 16.8. The maximum Gasteiger partial charge on any atom is 0.331 e. The number of hydrogen-bond acceptors (Lipinski definition) is 19. The molecule has 4 aliphatic carbocycles. The summed E-state index contributed by atoms with van der Waals surface area (Å²) in [7, 11) is 1.40. The van der Waals surface area contributed by atoms with E-state index in [9.17, 15) is 50.4 Å². The van der Waals surface area contributed by atoms with Crippen LogP contribution in [0.5, 0.6) is 0 Å². The number of aliphatic hydroxyl groups is 8. The molecule has 4 heterocycles. The van der Waals surface area contributed by atoms with E-state index in [4.69, 9.17) is 42.6 Å². The number of methoxy groups -OCH3 is 1. The summed E-state index contributed by atoms with van der Waals surface area (Å²) in [6.07, 6.45) is -12.2. The van der Waals surface area contributed by atoms with Gasteiger partial charge in [0.25, 0.3) is 0 Å². The van der Waals surface area contributed by atoms with Crippen molar-refractivity contribution in [3.05, 3.63) is 11.6 Å². The number of hydrogen-bond donors (Lipinski definition) is 8. The molecular formula is C44H68O19. The molecule has 7 fully saturated rings. The van der Waals surface area contributed by atoms with Crippen molar-refractivity contribution < 1.29 is 93.1 Å². The molecule has 19 heteroatoms. The molecule has 8 rings (SSSR count). The Balaban J connectivity index is 0.915. The molecule has 0 unspecified atom stereocenters. The highest BCUT2D eigenvalue weighted by Crippen LogP contribution is 2.70. The molecule has 8 N–H and O–H groups in total. The molecule has 0 bridgehead atoms. The molecule has 358 valence electrons. The van der Waals surface area contributed by atoms with Gasteiger partial charge in [-0.1, -0.05) is 13.8 Å². The van der Waals surface area contributed by atoms with Crippen molar-refractivity contribution in [1.29, 1.82) is 0 Å². The first kappa shape index (κ1) is 47.6. The van der Waals surface area contributed by atoms with Crippen molar-refractivity contribution >= 4 is 11.9 Å². The van der Waals surface area contributed by atoms with Crippen LogP contribution in [0.2, 0.25) is 0 Å². The first-order valence-corrected chi connectivity index (χ1v) is 22.7. The van der Waals surface area contributed by atoms with E-state index in [-0.39, 0.29) is 34.7 Å². The zero-order chi connectivity index (χ0) is 45.3. The Morgan fingerprint density at radius 1 is 0.778 bits per heavy atom. The predicted octanol–water partition coefficient (Wildman–Crippen LogP) is -0.671. The van der Waals surface area contributed by atoms with E-state index < -0.39 is 117 Å². The average Bonchev–Trinajstić information content (AvgIpc) is 3.80. The molecule has 63 heavy (non-hydrogen) atoms. The van der Waals surface area contributed by atoms with Gasteiger partial charge < -0.3 is 83.5 Å². The van der Waals surface area contributed by atoms with E-state index in [1.807, 2.05) is 0 Å². The number of aliphatic hydroxyl groups excluding tert-OH is 7. The van der Waals surface area contributed by atoms with Crippen LogP contribution in [0, 0.1) is 34.5 Å². The second kappa shape index (κ2) is 18.3. The van der Waals surface area contributed by atoms with Crippen LogP contribution in [-0.4, -0.2) is 184 Å². The zero-order valence-electron chi connectivity index (χ0n) is 36.7. The summed E-state index contributed by atoms with van der Waals surface area (Å²) in [6, 6.07) is 0. The lowest BCUT2D eigenvalue weighted by molar-refractivity contribution is -0.367. The third kappa shape index (κ3) is 8.32. The SMILES string of the molecule is CO[C@H]1[C@@H](O[C@@H]2O[C@H](CO[C@@H]3O[C@H](CO)[C@@H](O)[C@H](O)[C@H]3O)[C@@H](O)[C@H](O)[C@H]2O)[C@@H](C)O[C@@H](O[C@H]2CC[C@@]3(C)[C@H](CC[C@@H]4[C@@H]3CC[C@]3(C)[C@@H](C5=CC(=O)OC5)CC[C@]43O)C2)[C@@H]1OC(C)=O. The Labute approximate surface area is 366 Å². The van der Waals surface area contributed by atoms with E-state index in [0.717, 1.165) is 50.5 Å².